The first-order valence-electron chi connectivity index (χ1n) is 10.1. The lowest BCUT2D eigenvalue weighted by Crippen LogP contribution is -2.21. The monoisotopic (exact) mass is 472 g/mol. The van der Waals surface area contributed by atoms with Crippen LogP contribution in [0, 0.1) is 0 Å². The molecule has 0 saturated heterocycles. The molecule has 1 aliphatic heterocycles. The molecule has 1 aromatic carbocycles. The number of hydrogen-bond donors (Lipinski definition) is 1. The summed E-state index contributed by atoms with van der Waals surface area (Å²) in [5.74, 6) is 2.53. The second-order valence-electron chi connectivity index (χ2n) is 7.30. The molecule has 9 nitrogen and oxygen atoms in total. The number of aromatic nitrogens is 6. The van der Waals surface area contributed by atoms with Gasteiger partial charge < -0.3 is 14.5 Å². The number of ether oxygens (including phenoxy) is 2. The molecule has 0 radical (unpaired) electrons. The average molecular weight is 473 g/mol. The molecule has 1 aliphatic rings. The Hall–Kier alpha value is -2.88. The van der Waals surface area contributed by atoms with Crippen LogP contribution in [0.25, 0.3) is 16.9 Å². The van der Waals surface area contributed by atoms with Crippen molar-refractivity contribution in [2.45, 2.75) is 39.2 Å². The molecule has 3 aromatic heterocycles. The fourth-order valence-electron chi connectivity index (χ4n) is 3.80. The van der Waals surface area contributed by atoms with Crippen LogP contribution < -0.4 is 15.0 Å². The van der Waals surface area contributed by atoms with E-state index in [0.717, 1.165) is 30.6 Å². The van der Waals surface area contributed by atoms with Crippen molar-refractivity contribution in [3.8, 4) is 11.5 Å². The Morgan fingerprint density at radius 3 is 2.83 bits per heavy atom. The predicted octanol–water partition coefficient (Wildman–Crippen LogP) is 3.08. The number of aromatic amines is 1. The number of H-pyrrole nitrogens is 1. The average Bonchev–Trinajstić information content (AvgIpc) is 3.34. The van der Waals surface area contributed by atoms with Gasteiger partial charge in [0.05, 0.1) is 0 Å². The summed E-state index contributed by atoms with van der Waals surface area (Å²) in [6.45, 7) is 3.95. The van der Waals surface area contributed by atoms with Gasteiger partial charge in [0.15, 0.2) is 27.4 Å². The second-order valence-corrected chi connectivity index (χ2v) is 8.05. The third-order valence-electron chi connectivity index (χ3n) is 5.24. The van der Waals surface area contributed by atoms with Gasteiger partial charge in [-0.2, -0.15) is 0 Å². The first-order valence-corrected chi connectivity index (χ1v) is 10.9. The fraction of sp³-hybridized carbons (Fsp3) is 0.400. The minimum atomic E-state index is -0.206. The SMILES string of the molecule is CCCCCn1c2nc(Br)[nH]c2c(=O)n2c(Cc3ccc4c(c3)OCCO4)nnc12. The van der Waals surface area contributed by atoms with Gasteiger partial charge in [0, 0.05) is 13.0 Å². The van der Waals surface area contributed by atoms with Crippen LogP contribution in [0.5, 0.6) is 11.5 Å². The molecule has 0 fully saturated rings. The maximum absolute atomic E-state index is 13.2. The van der Waals surface area contributed by atoms with Crippen LogP contribution >= 0.6 is 15.9 Å². The van der Waals surface area contributed by atoms with E-state index in [1.165, 1.54) is 0 Å². The lowest BCUT2D eigenvalue weighted by molar-refractivity contribution is 0.171. The molecule has 0 saturated carbocycles. The van der Waals surface area contributed by atoms with Gasteiger partial charge in [0.25, 0.3) is 5.56 Å². The number of benzene rings is 1. The normalized spacial score (nSPS) is 13.4. The summed E-state index contributed by atoms with van der Waals surface area (Å²) in [6, 6.07) is 5.78. The van der Waals surface area contributed by atoms with Gasteiger partial charge in [-0.05, 0) is 40.0 Å². The number of imidazole rings is 1. The molecule has 10 heteroatoms. The van der Waals surface area contributed by atoms with Gasteiger partial charge in [0.1, 0.15) is 19.0 Å². The van der Waals surface area contributed by atoms with E-state index in [4.69, 9.17) is 9.47 Å². The summed E-state index contributed by atoms with van der Waals surface area (Å²) in [5, 5.41) is 8.70. The molecule has 4 heterocycles. The van der Waals surface area contributed by atoms with Gasteiger partial charge in [-0.1, -0.05) is 25.8 Å². The topological polar surface area (TPSA) is 99.3 Å². The number of rotatable bonds is 6. The van der Waals surface area contributed by atoms with Crippen LogP contribution in [0.2, 0.25) is 0 Å². The first kappa shape index (κ1) is 19.1. The molecule has 1 N–H and O–H groups in total. The molecule has 5 rings (SSSR count). The summed E-state index contributed by atoms with van der Waals surface area (Å²) in [4.78, 5) is 20.7. The Morgan fingerprint density at radius 1 is 1.17 bits per heavy atom. The van der Waals surface area contributed by atoms with E-state index in [0.29, 0.717) is 59.4 Å². The second kappa shape index (κ2) is 7.75. The lowest BCUT2D eigenvalue weighted by atomic mass is 10.1. The van der Waals surface area contributed by atoms with Gasteiger partial charge in [-0.3, -0.25) is 9.36 Å². The van der Waals surface area contributed by atoms with Crippen molar-refractivity contribution in [1.29, 1.82) is 0 Å². The Morgan fingerprint density at radius 2 is 2.00 bits per heavy atom. The molecule has 30 heavy (non-hydrogen) atoms. The molecule has 0 atom stereocenters. The summed E-state index contributed by atoms with van der Waals surface area (Å²) in [5.41, 5.74) is 1.79. The molecular formula is C20H21BrN6O3. The zero-order chi connectivity index (χ0) is 20.7. The zero-order valence-electron chi connectivity index (χ0n) is 16.5. The first-order chi connectivity index (χ1) is 14.7. The minimum Gasteiger partial charge on any atom is -0.486 e. The molecule has 156 valence electrons. The van der Waals surface area contributed by atoms with Gasteiger partial charge in [-0.25, -0.2) is 9.38 Å². The maximum Gasteiger partial charge on any atom is 0.286 e. The summed E-state index contributed by atoms with van der Waals surface area (Å²) < 4.78 is 15.3. The van der Waals surface area contributed by atoms with E-state index in [2.05, 4.69) is 43.0 Å². The van der Waals surface area contributed by atoms with Gasteiger partial charge >= 0.3 is 0 Å². The molecule has 4 aromatic rings. The van der Waals surface area contributed by atoms with Crippen LogP contribution in [-0.2, 0) is 13.0 Å². The zero-order valence-corrected chi connectivity index (χ0v) is 18.1. The number of hydrogen-bond acceptors (Lipinski definition) is 6. The Bertz CT molecular complexity index is 1290. The third kappa shape index (κ3) is 3.24. The quantitative estimate of drug-likeness (QED) is 0.341. The highest BCUT2D eigenvalue weighted by Gasteiger charge is 2.20. The number of nitrogens with one attached hydrogen (secondary N) is 1. The highest BCUT2D eigenvalue weighted by atomic mass is 79.9. The predicted molar refractivity (Wildman–Crippen MR) is 114 cm³/mol. The smallest absolute Gasteiger partial charge is 0.286 e. The van der Waals surface area contributed by atoms with Crippen molar-refractivity contribution < 1.29 is 9.47 Å². The van der Waals surface area contributed by atoms with E-state index < -0.39 is 0 Å². The lowest BCUT2D eigenvalue weighted by Gasteiger charge is -2.18. The van der Waals surface area contributed by atoms with Gasteiger partial charge in [0.2, 0.25) is 5.78 Å². The molecule has 0 aliphatic carbocycles. The number of fused-ring (bicyclic) bond motifs is 3. The van der Waals surface area contributed by atoms with Crippen molar-refractivity contribution in [3.05, 3.63) is 44.7 Å². The number of halogens is 1. The van der Waals surface area contributed by atoms with Crippen molar-refractivity contribution in [1.82, 2.24) is 29.1 Å². The van der Waals surface area contributed by atoms with Crippen LogP contribution in [0.1, 0.15) is 37.6 Å². The molecule has 0 amide bonds. The van der Waals surface area contributed by atoms with E-state index in [9.17, 15) is 4.79 Å². The van der Waals surface area contributed by atoms with Crippen molar-refractivity contribution in [2.24, 2.45) is 0 Å². The van der Waals surface area contributed by atoms with Crippen LogP contribution in [0.4, 0.5) is 0 Å². The maximum atomic E-state index is 13.2. The summed E-state index contributed by atoms with van der Waals surface area (Å²) >= 11 is 3.35. The summed E-state index contributed by atoms with van der Waals surface area (Å²) in [7, 11) is 0. The van der Waals surface area contributed by atoms with E-state index in [1.54, 1.807) is 4.40 Å². The standard InChI is InChI=1S/C20H21BrN6O3/c1-2-3-4-7-26-17-16(22-19(21)23-17)18(28)27-15(24-25-20(26)27)11-12-5-6-13-14(10-12)30-9-8-29-13/h5-6,10H,2-4,7-9,11H2,1H3,(H,22,23). The van der Waals surface area contributed by atoms with Crippen LogP contribution in [-0.4, -0.2) is 42.3 Å². The third-order valence-corrected chi connectivity index (χ3v) is 5.61. The largest absolute Gasteiger partial charge is 0.486 e. The van der Waals surface area contributed by atoms with Crippen molar-refractivity contribution in [2.75, 3.05) is 13.2 Å². The highest BCUT2D eigenvalue weighted by molar-refractivity contribution is 9.10. The number of unbranched alkanes of at least 4 members (excludes halogenated alkanes) is 2. The fourth-order valence-corrected chi connectivity index (χ4v) is 4.16. The molecule has 0 bridgehead atoms. The number of nitrogens with zero attached hydrogens (tertiary/aromatic N) is 5. The summed E-state index contributed by atoms with van der Waals surface area (Å²) in [6.07, 6.45) is 3.61. The van der Waals surface area contributed by atoms with E-state index in [-0.39, 0.29) is 5.56 Å². The highest BCUT2D eigenvalue weighted by Crippen LogP contribution is 2.31. The Labute approximate surface area is 180 Å². The number of aryl methyl sites for hydroxylation is 1. The molecule has 0 spiro atoms. The van der Waals surface area contributed by atoms with E-state index in [1.807, 2.05) is 22.8 Å². The Kier molecular flexibility index (Phi) is 4.93. The molecule has 0 unspecified atom stereocenters. The minimum absolute atomic E-state index is 0.206. The van der Waals surface area contributed by atoms with E-state index >= 15 is 0 Å². The van der Waals surface area contributed by atoms with Crippen LogP contribution in [0.3, 0.4) is 0 Å². The van der Waals surface area contributed by atoms with Gasteiger partial charge in [-0.15, -0.1) is 10.2 Å². The molecular weight excluding hydrogens is 452 g/mol. The van der Waals surface area contributed by atoms with Crippen molar-refractivity contribution in [3.63, 3.8) is 0 Å². The van der Waals surface area contributed by atoms with Crippen LogP contribution in [0.15, 0.2) is 27.7 Å². The van der Waals surface area contributed by atoms with Crippen molar-refractivity contribution >= 4 is 32.9 Å². The Balaban J connectivity index is 1.61.